The van der Waals surface area contributed by atoms with Gasteiger partial charge in [0.25, 0.3) is 5.91 Å². The summed E-state index contributed by atoms with van der Waals surface area (Å²) in [6.07, 6.45) is 3.02. The van der Waals surface area contributed by atoms with E-state index in [1.54, 1.807) is 0 Å². The Hall–Kier alpha value is -3.15. The van der Waals surface area contributed by atoms with E-state index in [0.29, 0.717) is 12.3 Å². The van der Waals surface area contributed by atoms with E-state index in [1.807, 2.05) is 54.6 Å². The first-order valence-electron chi connectivity index (χ1n) is 11.0. The molecule has 4 rings (SSSR count). The number of hydrogen-bond donors (Lipinski definition) is 2. The fourth-order valence-electron chi connectivity index (χ4n) is 4.77. The highest BCUT2D eigenvalue weighted by molar-refractivity contribution is 6.09. The van der Waals surface area contributed by atoms with Crippen molar-refractivity contribution in [2.45, 2.75) is 51.1 Å². The summed E-state index contributed by atoms with van der Waals surface area (Å²) >= 11 is 0. The molecule has 0 unspecified atom stereocenters. The van der Waals surface area contributed by atoms with Crippen molar-refractivity contribution >= 4 is 17.8 Å². The number of rotatable bonds is 6. The maximum absolute atomic E-state index is 13.4. The molecule has 0 saturated carbocycles. The maximum atomic E-state index is 13.4. The minimum Gasteiger partial charge on any atom is -0.348 e. The molecule has 1 aliphatic carbocycles. The Bertz CT molecular complexity index is 989. The van der Waals surface area contributed by atoms with Gasteiger partial charge < -0.3 is 10.6 Å². The van der Waals surface area contributed by atoms with Crippen molar-refractivity contribution in [2.24, 2.45) is 5.92 Å². The van der Waals surface area contributed by atoms with Crippen molar-refractivity contribution in [3.05, 3.63) is 71.3 Å². The van der Waals surface area contributed by atoms with Gasteiger partial charge in [0.05, 0.1) is 6.04 Å². The van der Waals surface area contributed by atoms with E-state index in [1.165, 1.54) is 0 Å². The predicted molar refractivity (Wildman–Crippen MR) is 118 cm³/mol. The minimum absolute atomic E-state index is 0.168. The van der Waals surface area contributed by atoms with Crippen molar-refractivity contribution in [1.82, 2.24) is 15.5 Å². The molecule has 2 aliphatic rings. The molecule has 1 fully saturated rings. The Morgan fingerprint density at radius 1 is 1.10 bits per heavy atom. The van der Waals surface area contributed by atoms with Gasteiger partial charge in [-0.3, -0.25) is 14.5 Å². The molecule has 6 nitrogen and oxygen atoms in total. The predicted octanol–water partition coefficient (Wildman–Crippen LogP) is 3.67. The summed E-state index contributed by atoms with van der Waals surface area (Å²) in [6, 6.07) is 16.9. The van der Waals surface area contributed by atoms with E-state index in [9.17, 15) is 14.4 Å². The number of benzene rings is 2. The van der Waals surface area contributed by atoms with Gasteiger partial charge in [0.2, 0.25) is 5.91 Å². The number of carbonyl (C=O) groups excluding carboxylic acids is 3. The molecular formula is C25H29N3O3. The molecule has 4 amide bonds. The topological polar surface area (TPSA) is 78.5 Å². The highest BCUT2D eigenvalue weighted by Crippen LogP contribution is 2.39. The molecule has 2 aromatic carbocycles. The molecule has 1 heterocycles. The van der Waals surface area contributed by atoms with Crippen LogP contribution >= 0.6 is 0 Å². The van der Waals surface area contributed by atoms with E-state index in [4.69, 9.17) is 0 Å². The van der Waals surface area contributed by atoms with Crippen LogP contribution in [-0.4, -0.2) is 29.3 Å². The third-order valence-corrected chi connectivity index (χ3v) is 6.20. The Balaban J connectivity index is 1.51. The molecule has 0 bridgehead atoms. The van der Waals surface area contributed by atoms with Gasteiger partial charge >= 0.3 is 6.03 Å². The van der Waals surface area contributed by atoms with Crippen LogP contribution in [0.25, 0.3) is 0 Å². The summed E-state index contributed by atoms with van der Waals surface area (Å²) < 4.78 is 0. The summed E-state index contributed by atoms with van der Waals surface area (Å²) in [6.45, 7) is 3.92. The zero-order chi connectivity index (χ0) is 22.0. The molecule has 0 radical (unpaired) electrons. The van der Waals surface area contributed by atoms with E-state index < -0.39 is 11.6 Å². The van der Waals surface area contributed by atoms with E-state index >= 15 is 0 Å². The number of aryl methyl sites for hydroxylation is 1. The van der Waals surface area contributed by atoms with Crippen molar-refractivity contribution in [1.29, 1.82) is 0 Å². The summed E-state index contributed by atoms with van der Waals surface area (Å²) in [5, 5.41) is 5.94. The van der Waals surface area contributed by atoms with Crippen molar-refractivity contribution in [3.63, 3.8) is 0 Å². The van der Waals surface area contributed by atoms with E-state index in [2.05, 4.69) is 24.5 Å². The fraction of sp³-hybridized carbons (Fsp3) is 0.400. The highest BCUT2D eigenvalue weighted by atomic mass is 16.2. The first-order chi connectivity index (χ1) is 14.9. The quantitative estimate of drug-likeness (QED) is 0.701. The van der Waals surface area contributed by atoms with Gasteiger partial charge in [0, 0.05) is 0 Å². The lowest BCUT2D eigenvalue weighted by molar-refractivity contribution is -0.135. The Morgan fingerprint density at radius 2 is 1.81 bits per heavy atom. The number of fused-ring (bicyclic) bond motifs is 2. The molecule has 1 aliphatic heterocycles. The van der Waals surface area contributed by atoms with Crippen LogP contribution in [0.3, 0.4) is 0 Å². The Morgan fingerprint density at radius 3 is 2.55 bits per heavy atom. The SMILES string of the molecule is CC(C)C[C@H](NC(=O)CN1C(=O)N[C@@]2(CCCc3ccccc32)C1=O)c1ccccc1. The van der Waals surface area contributed by atoms with Crippen molar-refractivity contribution in [2.75, 3.05) is 6.54 Å². The molecule has 31 heavy (non-hydrogen) atoms. The number of amides is 4. The summed E-state index contributed by atoms with van der Waals surface area (Å²) in [4.78, 5) is 40.1. The third kappa shape index (κ3) is 4.07. The summed E-state index contributed by atoms with van der Waals surface area (Å²) in [5.41, 5.74) is 1.89. The lowest BCUT2D eigenvalue weighted by atomic mass is 9.76. The van der Waals surface area contributed by atoms with Crippen LogP contribution in [0, 0.1) is 5.92 Å². The van der Waals surface area contributed by atoms with Crippen LogP contribution in [0.15, 0.2) is 54.6 Å². The van der Waals surface area contributed by atoms with Gasteiger partial charge in [0.1, 0.15) is 12.1 Å². The zero-order valence-corrected chi connectivity index (χ0v) is 18.1. The van der Waals surface area contributed by atoms with Crippen LogP contribution in [-0.2, 0) is 21.5 Å². The first kappa shape index (κ1) is 21.1. The molecule has 6 heteroatoms. The van der Waals surface area contributed by atoms with Gasteiger partial charge in [-0.05, 0) is 48.3 Å². The van der Waals surface area contributed by atoms with Gasteiger partial charge in [-0.1, -0.05) is 68.4 Å². The molecule has 2 atom stereocenters. The molecule has 0 aromatic heterocycles. The fourth-order valence-corrected chi connectivity index (χ4v) is 4.77. The molecule has 2 aromatic rings. The normalized spacial score (nSPS) is 21.2. The lowest BCUT2D eigenvalue weighted by Gasteiger charge is -2.33. The summed E-state index contributed by atoms with van der Waals surface area (Å²) in [5.74, 6) is -0.289. The monoisotopic (exact) mass is 419 g/mol. The second-order valence-corrected chi connectivity index (χ2v) is 8.90. The third-order valence-electron chi connectivity index (χ3n) is 6.20. The van der Waals surface area contributed by atoms with Crippen LogP contribution in [0.5, 0.6) is 0 Å². The molecule has 1 saturated heterocycles. The van der Waals surface area contributed by atoms with Crippen LogP contribution in [0.1, 0.15) is 55.8 Å². The van der Waals surface area contributed by atoms with Crippen molar-refractivity contribution in [3.8, 4) is 0 Å². The van der Waals surface area contributed by atoms with Gasteiger partial charge in [-0.2, -0.15) is 0 Å². The Kier molecular flexibility index (Phi) is 5.81. The highest BCUT2D eigenvalue weighted by Gasteiger charge is 2.54. The number of nitrogens with zero attached hydrogens (tertiary/aromatic N) is 1. The van der Waals surface area contributed by atoms with Gasteiger partial charge in [-0.15, -0.1) is 0 Å². The minimum atomic E-state index is -1.05. The number of imide groups is 1. The average Bonchev–Trinajstić information content (AvgIpc) is 2.98. The zero-order valence-electron chi connectivity index (χ0n) is 18.1. The molecule has 2 N–H and O–H groups in total. The number of nitrogens with one attached hydrogen (secondary N) is 2. The molecular weight excluding hydrogens is 390 g/mol. The maximum Gasteiger partial charge on any atom is 0.325 e. The largest absolute Gasteiger partial charge is 0.348 e. The van der Waals surface area contributed by atoms with Crippen molar-refractivity contribution < 1.29 is 14.4 Å². The van der Waals surface area contributed by atoms with Gasteiger partial charge in [0.15, 0.2) is 0 Å². The Labute approximate surface area is 183 Å². The molecule has 162 valence electrons. The second-order valence-electron chi connectivity index (χ2n) is 8.90. The van der Waals surface area contributed by atoms with Crippen LogP contribution < -0.4 is 10.6 Å². The average molecular weight is 420 g/mol. The van der Waals surface area contributed by atoms with Crippen LogP contribution in [0.2, 0.25) is 0 Å². The molecule has 1 spiro atoms. The van der Waals surface area contributed by atoms with E-state index in [0.717, 1.165) is 40.9 Å². The van der Waals surface area contributed by atoms with Crippen LogP contribution in [0.4, 0.5) is 4.79 Å². The van der Waals surface area contributed by atoms with Gasteiger partial charge in [-0.25, -0.2) is 4.79 Å². The standard InChI is InChI=1S/C25H29N3O3/c1-17(2)15-21(19-10-4-3-5-11-19)26-22(29)16-28-23(30)25(27-24(28)31)14-8-12-18-9-6-7-13-20(18)25/h3-7,9-11,13,17,21H,8,12,14-16H2,1-2H3,(H,26,29)(H,27,31)/t21-,25+/m0/s1. The lowest BCUT2D eigenvalue weighted by Crippen LogP contribution is -2.47. The number of urea groups is 1. The van der Waals surface area contributed by atoms with E-state index in [-0.39, 0.29) is 24.4 Å². The first-order valence-corrected chi connectivity index (χ1v) is 11.0. The number of carbonyl (C=O) groups is 3. The number of hydrogen-bond acceptors (Lipinski definition) is 3. The second kappa shape index (κ2) is 8.53. The summed E-state index contributed by atoms with van der Waals surface area (Å²) in [7, 11) is 0. The smallest absolute Gasteiger partial charge is 0.325 e.